The summed E-state index contributed by atoms with van der Waals surface area (Å²) in [5.41, 5.74) is 0.615. The topological polar surface area (TPSA) is 110 Å². The molecule has 2 aromatic rings. The SMILES string of the molecule is Cc1nonc1C(=O)NC(C)Cc1ncc(C(=O)NC(C)C)s1. The van der Waals surface area contributed by atoms with Gasteiger partial charge < -0.3 is 10.6 Å². The van der Waals surface area contributed by atoms with Crippen LogP contribution in [0, 0.1) is 6.92 Å². The number of amides is 2. The fraction of sp³-hybridized carbons (Fsp3) is 0.500. The normalized spacial score (nSPS) is 12.2. The van der Waals surface area contributed by atoms with Gasteiger partial charge in [-0.1, -0.05) is 5.16 Å². The third kappa shape index (κ3) is 4.59. The van der Waals surface area contributed by atoms with Gasteiger partial charge in [-0.15, -0.1) is 11.3 Å². The van der Waals surface area contributed by atoms with Gasteiger partial charge in [-0.05, 0) is 32.9 Å². The van der Waals surface area contributed by atoms with E-state index >= 15 is 0 Å². The van der Waals surface area contributed by atoms with E-state index in [0.717, 1.165) is 5.01 Å². The van der Waals surface area contributed by atoms with Crippen LogP contribution in [0.15, 0.2) is 10.8 Å². The van der Waals surface area contributed by atoms with Crippen molar-refractivity contribution in [2.45, 2.75) is 46.2 Å². The van der Waals surface area contributed by atoms with Crippen LogP contribution in [0.25, 0.3) is 0 Å². The van der Waals surface area contributed by atoms with Crippen LogP contribution in [-0.4, -0.2) is 39.2 Å². The summed E-state index contributed by atoms with van der Waals surface area (Å²) in [5.74, 6) is -0.477. The molecule has 0 radical (unpaired) electrons. The van der Waals surface area contributed by atoms with Crippen molar-refractivity contribution >= 4 is 23.2 Å². The second-order valence-electron chi connectivity index (χ2n) is 5.52. The molecular formula is C14H19N5O3S. The lowest BCUT2D eigenvalue weighted by molar-refractivity contribution is 0.0926. The standard InChI is InChI=1S/C14H19N5O3S/c1-7(2)16-13(20)10-6-15-11(23-10)5-8(3)17-14(21)12-9(4)18-22-19-12/h6-8H,5H2,1-4H3,(H,16,20)(H,17,21). The van der Waals surface area contributed by atoms with E-state index < -0.39 is 0 Å². The molecule has 124 valence electrons. The molecule has 8 nitrogen and oxygen atoms in total. The molecule has 9 heteroatoms. The molecule has 0 aliphatic carbocycles. The number of aryl methyl sites for hydroxylation is 1. The monoisotopic (exact) mass is 337 g/mol. The molecule has 0 saturated heterocycles. The zero-order valence-electron chi connectivity index (χ0n) is 13.4. The van der Waals surface area contributed by atoms with Crippen LogP contribution < -0.4 is 10.6 Å². The van der Waals surface area contributed by atoms with Gasteiger partial charge in [0.25, 0.3) is 11.8 Å². The fourth-order valence-corrected chi connectivity index (χ4v) is 2.84. The number of carbonyl (C=O) groups is 2. The molecule has 2 N–H and O–H groups in total. The number of hydrogen-bond donors (Lipinski definition) is 2. The van der Waals surface area contributed by atoms with Gasteiger partial charge in [-0.2, -0.15) is 0 Å². The second-order valence-corrected chi connectivity index (χ2v) is 6.64. The van der Waals surface area contributed by atoms with E-state index in [1.807, 2.05) is 20.8 Å². The minimum atomic E-state index is -0.342. The first-order valence-corrected chi connectivity index (χ1v) is 8.04. The van der Waals surface area contributed by atoms with Crippen LogP contribution in [0.1, 0.15) is 51.6 Å². The smallest absolute Gasteiger partial charge is 0.275 e. The molecule has 2 amide bonds. The van der Waals surface area contributed by atoms with Crippen molar-refractivity contribution in [2.24, 2.45) is 0 Å². The third-order valence-corrected chi connectivity index (χ3v) is 3.94. The lowest BCUT2D eigenvalue weighted by atomic mass is 10.2. The molecule has 1 unspecified atom stereocenters. The summed E-state index contributed by atoms with van der Waals surface area (Å²) in [5, 5.41) is 13.5. The Balaban J connectivity index is 1.92. The summed E-state index contributed by atoms with van der Waals surface area (Å²) < 4.78 is 4.51. The van der Waals surface area contributed by atoms with Crippen LogP contribution in [0.3, 0.4) is 0 Å². The summed E-state index contributed by atoms with van der Waals surface area (Å²) in [6, 6.07) is -0.0867. The molecule has 0 aromatic carbocycles. The molecule has 2 heterocycles. The predicted octanol–water partition coefficient (Wildman–Crippen LogP) is 1.33. The van der Waals surface area contributed by atoms with Gasteiger partial charge >= 0.3 is 0 Å². The molecule has 0 saturated carbocycles. The molecule has 0 fully saturated rings. The van der Waals surface area contributed by atoms with Gasteiger partial charge in [0.15, 0.2) is 5.69 Å². The average Bonchev–Trinajstić information content (AvgIpc) is 3.06. The van der Waals surface area contributed by atoms with E-state index in [9.17, 15) is 9.59 Å². The highest BCUT2D eigenvalue weighted by Gasteiger charge is 2.18. The van der Waals surface area contributed by atoms with Crippen molar-refractivity contribution in [3.63, 3.8) is 0 Å². The molecule has 2 rings (SSSR count). The van der Waals surface area contributed by atoms with Crippen molar-refractivity contribution in [3.05, 3.63) is 27.5 Å². The highest BCUT2D eigenvalue weighted by Crippen LogP contribution is 2.15. The zero-order chi connectivity index (χ0) is 17.0. The van der Waals surface area contributed by atoms with E-state index in [0.29, 0.717) is 17.0 Å². The van der Waals surface area contributed by atoms with E-state index in [2.05, 4.69) is 30.6 Å². The number of nitrogens with zero attached hydrogens (tertiary/aromatic N) is 3. The van der Waals surface area contributed by atoms with Gasteiger partial charge in [-0.25, -0.2) is 9.61 Å². The molecule has 0 aliphatic rings. The number of rotatable bonds is 6. The van der Waals surface area contributed by atoms with Crippen molar-refractivity contribution in [2.75, 3.05) is 0 Å². The number of thiazole rings is 1. The van der Waals surface area contributed by atoms with Crippen LogP contribution in [0.4, 0.5) is 0 Å². The van der Waals surface area contributed by atoms with Gasteiger partial charge in [0.05, 0.1) is 11.2 Å². The molecule has 0 spiro atoms. The maximum absolute atomic E-state index is 12.0. The molecule has 0 aliphatic heterocycles. The Bertz CT molecular complexity index is 694. The van der Waals surface area contributed by atoms with Crippen molar-refractivity contribution in [1.82, 2.24) is 25.9 Å². The lowest BCUT2D eigenvalue weighted by Gasteiger charge is -2.11. The van der Waals surface area contributed by atoms with Crippen molar-refractivity contribution in [1.29, 1.82) is 0 Å². The lowest BCUT2D eigenvalue weighted by Crippen LogP contribution is -2.34. The Kier molecular flexibility index (Phi) is 5.43. The third-order valence-electron chi connectivity index (χ3n) is 2.92. The minimum Gasteiger partial charge on any atom is -0.349 e. The van der Waals surface area contributed by atoms with Crippen LogP contribution in [0.2, 0.25) is 0 Å². The summed E-state index contributed by atoms with van der Waals surface area (Å²) in [7, 11) is 0. The van der Waals surface area contributed by atoms with Crippen LogP contribution in [0.5, 0.6) is 0 Å². The van der Waals surface area contributed by atoms with E-state index in [1.165, 1.54) is 11.3 Å². The Hall–Kier alpha value is -2.29. The Morgan fingerprint density at radius 1 is 1.22 bits per heavy atom. The van der Waals surface area contributed by atoms with Gasteiger partial charge in [-0.3, -0.25) is 9.59 Å². The molecule has 1 atom stereocenters. The van der Waals surface area contributed by atoms with E-state index in [4.69, 9.17) is 0 Å². The first kappa shape index (κ1) is 17.1. The Labute approximate surface area is 137 Å². The quantitative estimate of drug-likeness (QED) is 0.823. The Morgan fingerprint density at radius 3 is 2.57 bits per heavy atom. The highest BCUT2D eigenvalue weighted by atomic mass is 32.1. The maximum atomic E-state index is 12.0. The first-order valence-electron chi connectivity index (χ1n) is 7.22. The number of carbonyl (C=O) groups excluding carboxylic acids is 2. The molecule has 0 bridgehead atoms. The first-order chi connectivity index (χ1) is 10.9. The maximum Gasteiger partial charge on any atom is 0.275 e. The van der Waals surface area contributed by atoms with Gasteiger partial charge in [0.2, 0.25) is 0 Å². The van der Waals surface area contributed by atoms with Gasteiger partial charge in [0, 0.05) is 18.5 Å². The molecule has 2 aromatic heterocycles. The zero-order valence-corrected chi connectivity index (χ0v) is 14.2. The number of nitrogens with one attached hydrogen (secondary N) is 2. The number of hydrogen-bond acceptors (Lipinski definition) is 7. The second kappa shape index (κ2) is 7.32. The predicted molar refractivity (Wildman–Crippen MR) is 84.4 cm³/mol. The largest absolute Gasteiger partial charge is 0.349 e. The summed E-state index contributed by atoms with van der Waals surface area (Å²) in [4.78, 5) is 28.7. The van der Waals surface area contributed by atoms with E-state index in [-0.39, 0.29) is 29.6 Å². The minimum absolute atomic E-state index is 0.0746. The van der Waals surface area contributed by atoms with Crippen molar-refractivity contribution in [3.8, 4) is 0 Å². The molecule has 23 heavy (non-hydrogen) atoms. The highest BCUT2D eigenvalue weighted by molar-refractivity contribution is 7.13. The molecular weight excluding hydrogens is 318 g/mol. The number of aromatic nitrogens is 3. The fourth-order valence-electron chi connectivity index (χ4n) is 1.89. The van der Waals surface area contributed by atoms with Crippen LogP contribution >= 0.6 is 11.3 Å². The van der Waals surface area contributed by atoms with Crippen molar-refractivity contribution < 1.29 is 14.2 Å². The summed E-state index contributed by atoms with van der Waals surface area (Å²) >= 11 is 1.32. The van der Waals surface area contributed by atoms with Crippen LogP contribution in [-0.2, 0) is 6.42 Å². The van der Waals surface area contributed by atoms with E-state index in [1.54, 1.807) is 13.1 Å². The Morgan fingerprint density at radius 2 is 1.96 bits per heavy atom. The summed E-state index contributed by atoms with van der Waals surface area (Å²) in [6.07, 6.45) is 2.08. The average molecular weight is 337 g/mol. The summed E-state index contributed by atoms with van der Waals surface area (Å²) in [6.45, 7) is 7.31. The van der Waals surface area contributed by atoms with Gasteiger partial charge in [0.1, 0.15) is 10.6 Å².